The van der Waals surface area contributed by atoms with Crippen molar-refractivity contribution in [2.24, 2.45) is 0 Å². The topological polar surface area (TPSA) is 58.9 Å². The average molecular weight is 369 g/mol. The Morgan fingerprint density at radius 2 is 1.74 bits per heavy atom. The molecule has 6 nitrogen and oxygen atoms in total. The fourth-order valence-corrected chi connectivity index (χ4v) is 3.37. The largest absolute Gasteiger partial charge is 0.487 e. The summed E-state index contributed by atoms with van der Waals surface area (Å²) in [5.41, 5.74) is 2.36. The second-order valence-corrected chi connectivity index (χ2v) is 7.03. The molecule has 0 amide bonds. The quantitative estimate of drug-likeness (QED) is 0.405. The number of piperazine rings is 1. The lowest BCUT2D eigenvalue weighted by Gasteiger charge is -2.34. The fourth-order valence-electron chi connectivity index (χ4n) is 3.37. The zero-order valence-corrected chi connectivity index (χ0v) is 15.8. The summed E-state index contributed by atoms with van der Waals surface area (Å²) in [6.07, 6.45) is 0.865. The van der Waals surface area contributed by atoms with Gasteiger partial charge in [0.2, 0.25) is 0 Å². The first kappa shape index (κ1) is 19.3. The second kappa shape index (κ2) is 9.48. The lowest BCUT2D eigenvalue weighted by atomic mass is 10.2. The van der Waals surface area contributed by atoms with Gasteiger partial charge in [-0.15, -0.1) is 0 Å². The van der Waals surface area contributed by atoms with Crippen LogP contribution in [0.3, 0.4) is 0 Å². The van der Waals surface area contributed by atoms with E-state index < -0.39 is 0 Å². The molecule has 1 aliphatic heterocycles. The minimum absolute atomic E-state index is 0.0372. The van der Waals surface area contributed by atoms with Crippen LogP contribution >= 0.6 is 0 Å². The van der Waals surface area contributed by atoms with Crippen LogP contribution < -0.4 is 4.74 Å². The second-order valence-electron chi connectivity index (χ2n) is 7.03. The summed E-state index contributed by atoms with van der Waals surface area (Å²) in [7, 11) is 0. The van der Waals surface area contributed by atoms with Gasteiger partial charge < -0.3 is 9.64 Å². The van der Waals surface area contributed by atoms with Crippen LogP contribution in [-0.4, -0.2) is 54.1 Å². The maximum Gasteiger partial charge on any atom is 0.310 e. The molecular formula is C21H27N3O3. The highest BCUT2D eigenvalue weighted by atomic mass is 16.6. The summed E-state index contributed by atoms with van der Waals surface area (Å²) in [5, 5.41) is 11.1. The monoisotopic (exact) mass is 369 g/mol. The SMILES string of the molecule is Cc1ccc([N+](=O)[O-])c(OCCCN2CCN(Cc3ccccc3)CC2)c1. The molecule has 2 aromatic carbocycles. The molecule has 3 rings (SSSR count). The average Bonchev–Trinajstić information content (AvgIpc) is 2.67. The predicted octanol–water partition coefficient (Wildman–Crippen LogP) is 3.49. The van der Waals surface area contributed by atoms with E-state index in [9.17, 15) is 10.1 Å². The summed E-state index contributed by atoms with van der Waals surface area (Å²) in [6.45, 7) is 8.61. The highest BCUT2D eigenvalue weighted by Gasteiger charge is 2.17. The molecule has 0 atom stereocenters. The van der Waals surface area contributed by atoms with Gasteiger partial charge in [0.05, 0.1) is 11.5 Å². The van der Waals surface area contributed by atoms with Crippen molar-refractivity contribution in [1.82, 2.24) is 9.80 Å². The Bertz CT molecular complexity index is 744. The van der Waals surface area contributed by atoms with E-state index in [-0.39, 0.29) is 10.6 Å². The Morgan fingerprint density at radius 1 is 1.04 bits per heavy atom. The molecule has 0 aromatic heterocycles. The Morgan fingerprint density at radius 3 is 2.44 bits per heavy atom. The fraction of sp³-hybridized carbons (Fsp3) is 0.429. The number of ether oxygens (including phenoxy) is 1. The van der Waals surface area contributed by atoms with Crippen LogP contribution in [-0.2, 0) is 6.54 Å². The van der Waals surface area contributed by atoms with Crippen molar-refractivity contribution >= 4 is 5.69 Å². The lowest BCUT2D eigenvalue weighted by Crippen LogP contribution is -2.46. The van der Waals surface area contributed by atoms with Gasteiger partial charge in [-0.3, -0.25) is 15.0 Å². The van der Waals surface area contributed by atoms with Gasteiger partial charge >= 0.3 is 5.69 Å². The maximum absolute atomic E-state index is 11.1. The summed E-state index contributed by atoms with van der Waals surface area (Å²) in [4.78, 5) is 15.6. The molecule has 0 bridgehead atoms. The summed E-state index contributed by atoms with van der Waals surface area (Å²) in [5.74, 6) is 0.368. The molecule has 0 saturated carbocycles. The molecule has 0 radical (unpaired) electrons. The Labute approximate surface area is 160 Å². The number of nitro groups is 1. The third-order valence-electron chi connectivity index (χ3n) is 4.90. The first-order chi connectivity index (χ1) is 13.1. The lowest BCUT2D eigenvalue weighted by molar-refractivity contribution is -0.385. The number of aryl methyl sites for hydroxylation is 1. The molecule has 0 spiro atoms. The Kier molecular flexibility index (Phi) is 6.79. The number of rotatable bonds is 8. The molecule has 1 fully saturated rings. The van der Waals surface area contributed by atoms with Crippen LogP contribution in [0.4, 0.5) is 5.69 Å². The van der Waals surface area contributed by atoms with Gasteiger partial charge in [-0.05, 0) is 30.5 Å². The van der Waals surface area contributed by atoms with Crippen molar-refractivity contribution < 1.29 is 9.66 Å². The van der Waals surface area contributed by atoms with Crippen molar-refractivity contribution in [3.8, 4) is 5.75 Å². The smallest absolute Gasteiger partial charge is 0.310 e. The van der Waals surface area contributed by atoms with E-state index in [2.05, 4.69) is 40.1 Å². The molecule has 0 aliphatic carbocycles. The molecule has 0 N–H and O–H groups in total. The predicted molar refractivity (Wildman–Crippen MR) is 106 cm³/mol. The summed E-state index contributed by atoms with van der Waals surface area (Å²) < 4.78 is 5.69. The highest BCUT2D eigenvalue weighted by Crippen LogP contribution is 2.27. The van der Waals surface area contributed by atoms with Crippen molar-refractivity contribution in [2.45, 2.75) is 19.9 Å². The highest BCUT2D eigenvalue weighted by molar-refractivity contribution is 5.48. The standard InChI is InChI=1S/C21H27N3O3/c1-18-8-9-20(24(25)26)21(16-18)27-15-5-10-22-11-13-23(14-12-22)17-19-6-3-2-4-7-19/h2-4,6-9,16H,5,10-15,17H2,1H3. The zero-order chi connectivity index (χ0) is 19.1. The van der Waals surface area contributed by atoms with Crippen molar-refractivity contribution in [1.29, 1.82) is 0 Å². The third kappa shape index (κ3) is 5.77. The van der Waals surface area contributed by atoms with Gasteiger partial charge in [0.1, 0.15) is 0 Å². The normalized spacial score (nSPS) is 15.6. The van der Waals surface area contributed by atoms with Crippen LogP contribution in [0, 0.1) is 17.0 Å². The number of hydrogen-bond donors (Lipinski definition) is 0. The number of benzene rings is 2. The van der Waals surface area contributed by atoms with Gasteiger partial charge in [-0.1, -0.05) is 36.4 Å². The molecule has 2 aromatic rings. The molecular weight excluding hydrogens is 342 g/mol. The van der Waals surface area contributed by atoms with Crippen molar-refractivity contribution in [3.63, 3.8) is 0 Å². The molecule has 1 saturated heterocycles. The molecule has 0 unspecified atom stereocenters. The minimum Gasteiger partial charge on any atom is -0.487 e. The molecule has 1 heterocycles. The van der Waals surface area contributed by atoms with Crippen LogP contribution in [0.5, 0.6) is 5.75 Å². The molecule has 6 heteroatoms. The third-order valence-corrected chi connectivity index (χ3v) is 4.90. The van der Waals surface area contributed by atoms with Crippen molar-refractivity contribution in [3.05, 3.63) is 69.8 Å². The van der Waals surface area contributed by atoms with Crippen LogP contribution in [0.1, 0.15) is 17.5 Å². The van der Waals surface area contributed by atoms with Crippen molar-refractivity contribution in [2.75, 3.05) is 39.3 Å². The van der Waals surface area contributed by atoms with E-state index in [0.717, 1.165) is 51.3 Å². The number of nitro benzene ring substituents is 1. The Hall–Kier alpha value is -2.44. The van der Waals surface area contributed by atoms with Crippen LogP contribution in [0.25, 0.3) is 0 Å². The maximum atomic E-state index is 11.1. The molecule has 27 heavy (non-hydrogen) atoms. The van der Waals surface area contributed by atoms with E-state index in [4.69, 9.17) is 4.74 Å². The minimum atomic E-state index is -0.388. The first-order valence-electron chi connectivity index (χ1n) is 9.48. The summed E-state index contributed by atoms with van der Waals surface area (Å²) in [6, 6.07) is 15.6. The van der Waals surface area contributed by atoms with Gasteiger partial charge in [0.15, 0.2) is 5.75 Å². The van der Waals surface area contributed by atoms with Gasteiger partial charge in [0, 0.05) is 45.3 Å². The van der Waals surface area contributed by atoms with E-state index in [1.54, 1.807) is 12.1 Å². The van der Waals surface area contributed by atoms with Gasteiger partial charge in [-0.25, -0.2) is 0 Å². The summed E-state index contributed by atoms with van der Waals surface area (Å²) >= 11 is 0. The Balaban J connectivity index is 1.37. The van der Waals surface area contributed by atoms with Crippen LogP contribution in [0.2, 0.25) is 0 Å². The first-order valence-corrected chi connectivity index (χ1v) is 9.48. The van der Waals surface area contributed by atoms with E-state index in [0.29, 0.717) is 12.4 Å². The molecule has 144 valence electrons. The van der Waals surface area contributed by atoms with Crippen LogP contribution in [0.15, 0.2) is 48.5 Å². The number of hydrogen-bond acceptors (Lipinski definition) is 5. The van der Waals surface area contributed by atoms with Gasteiger partial charge in [-0.2, -0.15) is 0 Å². The molecule has 1 aliphatic rings. The van der Waals surface area contributed by atoms with Gasteiger partial charge in [0.25, 0.3) is 0 Å². The number of nitrogens with zero attached hydrogens (tertiary/aromatic N) is 3. The zero-order valence-electron chi connectivity index (χ0n) is 15.8. The van der Waals surface area contributed by atoms with E-state index in [1.165, 1.54) is 11.6 Å². The van der Waals surface area contributed by atoms with E-state index in [1.807, 2.05) is 6.92 Å². The van der Waals surface area contributed by atoms with E-state index >= 15 is 0 Å².